The number of carboxylic acids is 1. The number of nitrogens with one attached hydrogen (secondary N) is 2. The molecular formula is C24H28N2O5. The molecule has 164 valence electrons. The molecule has 3 N–H and O–H groups in total. The summed E-state index contributed by atoms with van der Waals surface area (Å²) in [7, 11) is 0. The number of alkyl carbamates (subject to hydrolysis) is 1. The fourth-order valence-corrected chi connectivity index (χ4v) is 3.80. The number of rotatable bonds is 6. The van der Waals surface area contributed by atoms with Gasteiger partial charge in [-0.2, -0.15) is 0 Å². The maximum absolute atomic E-state index is 12.4. The first-order valence-electron chi connectivity index (χ1n) is 10.2. The van der Waals surface area contributed by atoms with Crippen molar-refractivity contribution >= 4 is 18.0 Å². The molecule has 0 saturated heterocycles. The lowest BCUT2D eigenvalue weighted by Gasteiger charge is -2.28. The van der Waals surface area contributed by atoms with E-state index in [0.717, 1.165) is 22.3 Å². The van der Waals surface area contributed by atoms with Gasteiger partial charge in [-0.05, 0) is 34.6 Å². The molecule has 2 aromatic carbocycles. The molecular weight excluding hydrogens is 396 g/mol. The summed E-state index contributed by atoms with van der Waals surface area (Å²) in [6.07, 6.45) is -0.729. The van der Waals surface area contributed by atoms with Gasteiger partial charge in [-0.3, -0.25) is 4.79 Å². The van der Waals surface area contributed by atoms with Crippen LogP contribution in [0, 0.1) is 5.41 Å². The first-order valence-corrected chi connectivity index (χ1v) is 10.2. The number of hydrogen-bond donors (Lipinski definition) is 3. The van der Waals surface area contributed by atoms with Crippen LogP contribution < -0.4 is 10.6 Å². The standard InChI is InChI=1S/C24H28N2O5/c1-14(21(27)26-20(22(28)29)24(2,3)4)25-23(30)31-13-19-17-11-7-5-9-15(17)16-10-6-8-12-18(16)19/h5-12,14,19-20H,13H2,1-4H3,(H,25,30)(H,26,27)(H,28,29)/t14-,20-/m0/s1. The molecule has 0 unspecified atom stereocenters. The molecule has 0 saturated carbocycles. The highest BCUT2D eigenvalue weighted by Crippen LogP contribution is 2.44. The molecule has 0 fully saturated rings. The molecule has 2 aromatic rings. The van der Waals surface area contributed by atoms with Crippen LogP contribution in [-0.2, 0) is 14.3 Å². The first kappa shape index (κ1) is 22.3. The average Bonchev–Trinajstić information content (AvgIpc) is 3.03. The minimum absolute atomic E-state index is 0.0837. The van der Waals surface area contributed by atoms with E-state index in [2.05, 4.69) is 22.8 Å². The monoisotopic (exact) mass is 424 g/mol. The molecule has 1 aliphatic rings. The van der Waals surface area contributed by atoms with Crippen molar-refractivity contribution in [1.82, 2.24) is 10.6 Å². The van der Waals surface area contributed by atoms with Gasteiger partial charge in [-0.25, -0.2) is 9.59 Å². The van der Waals surface area contributed by atoms with Gasteiger partial charge in [0.05, 0.1) is 0 Å². The number of amides is 2. The van der Waals surface area contributed by atoms with E-state index < -0.39 is 35.5 Å². The molecule has 0 aliphatic heterocycles. The van der Waals surface area contributed by atoms with E-state index in [0.29, 0.717) is 0 Å². The normalized spacial score (nSPS) is 14.7. The molecule has 31 heavy (non-hydrogen) atoms. The van der Waals surface area contributed by atoms with E-state index in [4.69, 9.17) is 4.74 Å². The number of fused-ring (bicyclic) bond motifs is 3. The zero-order valence-electron chi connectivity index (χ0n) is 18.1. The summed E-state index contributed by atoms with van der Waals surface area (Å²) in [4.78, 5) is 36.2. The van der Waals surface area contributed by atoms with E-state index in [9.17, 15) is 19.5 Å². The summed E-state index contributed by atoms with van der Waals surface area (Å²) in [6.45, 7) is 6.77. The van der Waals surface area contributed by atoms with Gasteiger partial charge in [0.15, 0.2) is 0 Å². The lowest BCUT2D eigenvalue weighted by molar-refractivity contribution is -0.145. The number of carboxylic acid groups (broad SMARTS) is 1. The third kappa shape index (κ3) is 4.87. The van der Waals surface area contributed by atoms with Gasteiger partial charge in [0.2, 0.25) is 5.91 Å². The molecule has 1 aliphatic carbocycles. The van der Waals surface area contributed by atoms with Gasteiger partial charge in [-0.1, -0.05) is 69.3 Å². The molecule has 7 heteroatoms. The second kappa shape index (κ2) is 8.79. The third-order valence-corrected chi connectivity index (χ3v) is 5.47. The Kier molecular flexibility index (Phi) is 6.34. The second-order valence-corrected chi connectivity index (χ2v) is 8.84. The lowest BCUT2D eigenvalue weighted by Crippen LogP contribution is -2.54. The molecule has 2 amide bonds. The van der Waals surface area contributed by atoms with Gasteiger partial charge < -0.3 is 20.5 Å². The highest BCUT2D eigenvalue weighted by molar-refractivity contribution is 5.89. The predicted octanol–water partition coefficient (Wildman–Crippen LogP) is 3.53. The van der Waals surface area contributed by atoms with E-state index >= 15 is 0 Å². The van der Waals surface area contributed by atoms with E-state index in [-0.39, 0.29) is 12.5 Å². The third-order valence-electron chi connectivity index (χ3n) is 5.47. The summed E-state index contributed by atoms with van der Waals surface area (Å²) < 4.78 is 5.43. The molecule has 3 rings (SSSR count). The van der Waals surface area contributed by atoms with Crippen molar-refractivity contribution in [3.8, 4) is 11.1 Å². The fourth-order valence-electron chi connectivity index (χ4n) is 3.80. The van der Waals surface area contributed by atoms with Crippen molar-refractivity contribution in [3.63, 3.8) is 0 Å². The summed E-state index contributed by atoms with van der Waals surface area (Å²) in [5.41, 5.74) is 3.77. The van der Waals surface area contributed by atoms with Crippen LogP contribution in [0.25, 0.3) is 11.1 Å². The summed E-state index contributed by atoms with van der Waals surface area (Å²) in [5, 5.41) is 14.3. The van der Waals surface area contributed by atoms with E-state index in [1.807, 2.05) is 36.4 Å². The van der Waals surface area contributed by atoms with Crippen LogP contribution in [0.3, 0.4) is 0 Å². The van der Waals surface area contributed by atoms with Gasteiger partial charge in [0.25, 0.3) is 0 Å². The van der Waals surface area contributed by atoms with Crippen LogP contribution in [0.5, 0.6) is 0 Å². The fraction of sp³-hybridized carbons (Fsp3) is 0.375. The van der Waals surface area contributed by atoms with Crippen molar-refractivity contribution in [2.24, 2.45) is 5.41 Å². The van der Waals surface area contributed by atoms with Crippen LogP contribution in [0.15, 0.2) is 48.5 Å². The number of hydrogen-bond acceptors (Lipinski definition) is 4. The maximum Gasteiger partial charge on any atom is 0.407 e. The molecule has 2 atom stereocenters. The number of benzene rings is 2. The minimum Gasteiger partial charge on any atom is -0.480 e. The highest BCUT2D eigenvalue weighted by atomic mass is 16.5. The minimum atomic E-state index is -1.13. The highest BCUT2D eigenvalue weighted by Gasteiger charge is 2.34. The number of aliphatic carboxylic acids is 1. The topological polar surface area (TPSA) is 105 Å². The Morgan fingerprint density at radius 2 is 1.48 bits per heavy atom. The molecule has 0 heterocycles. The van der Waals surface area contributed by atoms with Crippen LogP contribution >= 0.6 is 0 Å². The van der Waals surface area contributed by atoms with Gasteiger partial charge >= 0.3 is 12.1 Å². The number of ether oxygens (including phenoxy) is 1. The van der Waals surface area contributed by atoms with Gasteiger partial charge in [-0.15, -0.1) is 0 Å². The Morgan fingerprint density at radius 3 is 1.97 bits per heavy atom. The molecule has 0 radical (unpaired) electrons. The summed E-state index contributed by atoms with van der Waals surface area (Å²) in [6, 6.07) is 14.0. The smallest absolute Gasteiger partial charge is 0.407 e. The van der Waals surface area contributed by atoms with Crippen LogP contribution in [-0.4, -0.2) is 41.8 Å². The molecule has 0 spiro atoms. The van der Waals surface area contributed by atoms with Crippen LogP contribution in [0.2, 0.25) is 0 Å². The van der Waals surface area contributed by atoms with Crippen molar-refractivity contribution in [3.05, 3.63) is 59.7 Å². The maximum atomic E-state index is 12.4. The zero-order valence-corrected chi connectivity index (χ0v) is 18.1. The molecule has 0 aromatic heterocycles. The van der Waals surface area contributed by atoms with Crippen molar-refractivity contribution in [2.75, 3.05) is 6.61 Å². The number of carbonyl (C=O) groups excluding carboxylic acids is 2. The Balaban J connectivity index is 1.60. The van der Waals surface area contributed by atoms with Crippen molar-refractivity contribution < 1.29 is 24.2 Å². The second-order valence-electron chi connectivity index (χ2n) is 8.84. The van der Waals surface area contributed by atoms with Gasteiger partial charge in [0, 0.05) is 5.92 Å². The predicted molar refractivity (Wildman–Crippen MR) is 117 cm³/mol. The SMILES string of the molecule is C[C@H](NC(=O)OCC1c2ccccc2-c2ccccc21)C(=O)N[C@@H](C(=O)O)C(C)(C)C. The summed E-state index contributed by atoms with van der Waals surface area (Å²) in [5.74, 6) is -1.80. The molecule has 7 nitrogen and oxygen atoms in total. The number of carbonyl (C=O) groups is 3. The Bertz CT molecular complexity index is 950. The van der Waals surface area contributed by atoms with E-state index in [1.165, 1.54) is 6.92 Å². The van der Waals surface area contributed by atoms with Gasteiger partial charge in [0.1, 0.15) is 18.7 Å². The largest absolute Gasteiger partial charge is 0.480 e. The zero-order chi connectivity index (χ0) is 22.8. The van der Waals surface area contributed by atoms with Crippen molar-refractivity contribution in [1.29, 1.82) is 0 Å². The lowest BCUT2D eigenvalue weighted by atomic mass is 9.86. The summed E-state index contributed by atoms with van der Waals surface area (Å²) >= 11 is 0. The Hall–Kier alpha value is -3.35. The van der Waals surface area contributed by atoms with E-state index in [1.54, 1.807) is 20.8 Å². The Labute approximate surface area is 181 Å². The van der Waals surface area contributed by atoms with Crippen molar-refractivity contribution in [2.45, 2.75) is 45.7 Å². The van der Waals surface area contributed by atoms with Crippen LogP contribution in [0.4, 0.5) is 4.79 Å². The first-order chi connectivity index (χ1) is 14.6. The quantitative estimate of drug-likeness (QED) is 0.658. The van der Waals surface area contributed by atoms with Crippen LogP contribution in [0.1, 0.15) is 44.7 Å². The average molecular weight is 424 g/mol. The molecule has 0 bridgehead atoms. The Morgan fingerprint density at radius 1 is 0.968 bits per heavy atom.